The standard InChI is InChI=1S/C47H49ClO3Si/c1-32(2)31-52(36-15-9-5-10-16-36,37-17-11-6-12-18-37)51-43-27-25-38-39(46(43)48)23-24-40-42-26-28-44(49)47(42,3)29-41(45(38)40)34-19-21-35(22-20-34)50-30-33-13-7-4-8-14-33/h4-22,25,27,32,40-42,45H,23-24,26,28-31H2,1-3H3/t40-,41+,42-,45+,47-/m0/s1. The van der Waals surface area contributed by atoms with E-state index in [1.54, 1.807) is 0 Å². The first-order valence-electron chi connectivity index (χ1n) is 19.2. The highest BCUT2D eigenvalue weighted by Gasteiger charge is 2.58. The zero-order valence-corrected chi connectivity index (χ0v) is 32.3. The summed E-state index contributed by atoms with van der Waals surface area (Å²) in [6.45, 7) is 7.38. The second kappa shape index (κ2) is 14.4. The van der Waals surface area contributed by atoms with Gasteiger partial charge in [-0.15, -0.1) is 0 Å². The summed E-state index contributed by atoms with van der Waals surface area (Å²) in [5, 5.41) is 3.29. The molecule has 0 spiro atoms. The number of halogens is 1. The van der Waals surface area contributed by atoms with Gasteiger partial charge in [0.1, 0.15) is 23.9 Å². The molecule has 2 saturated carbocycles. The molecule has 266 valence electrons. The summed E-state index contributed by atoms with van der Waals surface area (Å²) in [6, 6.07) is 46.1. The molecule has 0 radical (unpaired) electrons. The fourth-order valence-electron chi connectivity index (χ4n) is 10.2. The molecule has 0 bridgehead atoms. The van der Waals surface area contributed by atoms with Crippen molar-refractivity contribution in [1.29, 1.82) is 0 Å². The number of ether oxygens (including phenoxy) is 1. The van der Waals surface area contributed by atoms with Crippen LogP contribution in [0.15, 0.2) is 127 Å². The summed E-state index contributed by atoms with van der Waals surface area (Å²) in [5.74, 6) is 3.88. The minimum atomic E-state index is -2.73. The molecule has 0 heterocycles. The van der Waals surface area contributed by atoms with E-state index in [1.807, 2.05) is 18.2 Å². The fraction of sp³-hybridized carbons (Fsp3) is 0.340. The first kappa shape index (κ1) is 34.9. The monoisotopic (exact) mass is 724 g/mol. The van der Waals surface area contributed by atoms with Crippen LogP contribution in [-0.2, 0) is 17.8 Å². The summed E-state index contributed by atoms with van der Waals surface area (Å²) in [6.07, 6.45) is 4.50. The molecule has 0 saturated heterocycles. The van der Waals surface area contributed by atoms with E-state index in [9.17, 15) is 4.79 Å². The maximum Gasteiger partial charge on any atom is 0.315 e. The van der Waals surface area contributed by atoms with Crippen molar-refractivity contribution in [3.63, 3.8) is 0 Å². The van der Waals surface area contributed by atoms with Gasteiger partial charge in [0.05, 0.1) is 5.02 Å². The Kier molecular flexibility index (Phi) is 9.65. The maximum atomic E-state index is 13.6. The second-order valence-corrected chi connectivity index (χ2v) is 19.9. The normalized spacial score (nSPS) is 23.8. The molecule has 52 heavy (non-hydrogen) atoms. The molecule has 3 nitrogen and oxygen atoms in total. The van der Waals surface area contributed by atoms with Gasteiger partial charge in [-0.2, -0.15) is 0 Å². The van der Waals surface area contributed by atoms with Crippen LogP contribution in [0, 0.1) is 23.2 Å². The SMILES string of the molecule is CC(C)C[Si](Oc1ccc2c(c1Cl)CC[C@@H]1[C@@H]2[C@@H](c2ccc(OCc3ccccc3)cc2)C[C@]2(C)C(=O)CC[C@@H]12)(c1ccccc1)c1ccccc1. The van der Waals surface area contributed by atoms with Crippen LogP contribution in [0.4, 0.5) is 0 Å². The average molecular weight is 725 g/mol. The van der Waals surface area contributed by atoms with Crippen LogP contribution in [-0.4, -0.2) is 14.1 Å². The van der Waals surface area contributed by atoms with Gasteiger partial charge in [-0.1, -0.05) is 142 Å². The third kappa shape index (κ3) is 6.32. The number of benzene rings is 5. The largest absolute Gasteiger partial charge is 0.533 e. The predicted octanol–water partition coefficient (Wildman–Crippen LogP) is 10.5. The Bertz CT molecular complexity index is 1970. The number of hydrogen-bond acceptors (Lipinski definition) is 3. The molecular weight excluding hydrogens is 676 g/mol. The van der Waals surface area contributed by atoms with Gasteiger partial charge in [-0.05, 0) is 112 Å². The second-order valence-electron chi connectivity index (χ2n) is 16.1. The smallest absolute Gasteiger partial charge is 0.315 e. The number of fused-ring (bicyclic) bond motifs is 5. The number of Topliss-reactive ketones (excluding diaryl/α,β-unsaturated/α-hetero) is 1. The Hall–Kier alpha value is -4.12. The summed E-state index contributed by atoms with van der Waals surface area (Å²) < 4.78 is 13.6. The van der Waals surface area contributed by atoms with E-state index in [2.05, 4.69) is 130 Å². The number of carbonyl (C=O) groups excluding carboxylic acids is 1. The Balaban J connectivity index is 1.17. The molecule has 0 N–H and O–H groups in total. The fourth-order valence-corrected chi connectivity index (χ4v) is 14.8. The first-order chi connectivity index (χ1) is 25.3. The lowest BCUT2D eigenvalue weighted by Crippen LogP contribution is -2.64. The van der Waals surface area contributed by atoms with Gasteiger partial charge in [0, 0.05) is 11.8 Å². The number of carbonyl (C=O) groups is 1. The van der Waals surface area contributed by atoms with E-state index in [4.69, 9.17) is 20.8 Å². The number of hydrogen-bond donors (Lipinski definition) is 0. The molecule has 8 rings (SSSR count). The average Bonchev–Trinajstić information content (AvgIpc) is 3.48. The summed E-state index contributed by atoms with van der Waals surface area (Å²) in [5.41, 5.74) is 4.72. The van der Waals surface area contributed by atoms with Gasteiger partial charge in [0.15, 0.2) is 0 Å². The zero-order chi connectivity index (χ0) is 35.9. The minimum Gasteiger partial charge on any atom is -0.533 e. The van der Waals surface area contributed by atoms with E-state index in [1.165, 1.54) is 27.1 Å². The van der Waals surface area contributed by atoms with Crippen molar-refractivity contribution in [2.75, 3.05) is 0 Å². The molecule has 5 atom stereocenters. The van der Waals surface area contributed by atoms with Crippen LogP contribution in [0.5, 0.6) is 11.5 Å². The molecule has 0 unspecified atom stereocenters. The van der Waals surface area contributed by atoms with E-state index < -0.39 is 8.32 Å². The Morgan fingerprint density at radius 1 is 0.788 bits per heavy atom. The van der Waals surface area contributed by atoms with Gasteiger partial charge in [0.25, 0.3) is 0 Å². The highest BCUT2D eigenvalue weighted by molar-refractivity contribution is 6.98. The van der Waals surface area contributed by atoms with Crippen LogP contribution in [0.25, 0.3) is 0 Å². The highest BCUT2D eigenvalue weighted by Crippen LogP contribution is 2.64. The molecular formula is C47H49ClO3Si. The van der Waals surface area contributed by atoms with Crippen molar-refractivity contribution in [3.05, 3.63) is 155 Å². The molecule has 3 aliphatic rings. The van der Waals surface area contributed by atoms with E-state index in [0.29, 0.717) is 36.6 Å². The topological polar surface area (TPSA) is 35.5 Å². The van der Waals surface area contributed by atoms with E-state index in [-0.39, 0.29) is 17.3 Å². The Morgan fingerprint density at radius 2 is 1.42 bits per heavy atom. The molecule has 0 aromatic heterocycles. The van der Waals surface area contributed by atoms with Gasteiger partial charge in [-0.3, -0.25) is 4.79 Å². The molecule has 0 aliphatic heterocycles. The highest BCUT2D eigenvalue weighted by atomic mass is 35.5. The Morgan fingerprint density at radius 3 is 2.06 bits per heavy atom. The predicted molar refractivity (Wildman–Crippen MR) is 215 cm³/mol. The first-order valence-corrected chi connectivity index (χ1v) is 21.7. The van der Waals surface area contributed by atoms with Crippen molar-refractivity contribution < 1.29 is 14.0 Å². The summed E-state index contributed by atoms with van der Waals surface area (Å²) in [4.78, 5) is 13.6. The van der Waals surface area contributed by atoms with Crippen molar-refractivity contribution in [1.82, 2.24) is 0 Å². The minimum absolute atomic E-state index is 0.210. The van der Waals surface area contributed by atoms with Crippen LogP contribution in [0.1, 0.15) is 80.5 Å². The number of ketones is 1. The van der Waals surface area contributed by atoms with Gasteiger partial charge < -0.3 is 9.16 Å². The molecule has 0 amide bonds. The summed E-state index contributed by atoms with van der Waals surface area (Å²) in [7, 11) is -2.73. The van der Waals surface area contributed by atoms with Crippen molar-refractivity contribution in [2.24, 2.45) is 23.2 Å². The van der Waals surface area contributed by atoms with Crippen LogP contribution >= 0.6 is 11.6 Å². The summed E-state index contributed by atoms with van der Waals surface area (Å²) >= 11 is 7.56. The lowest BCUT2D eigenvalue weighted by atomic mass is 9.51. The van der Waals surface area contributed by atoms with E-state index >= 15 is 0 Å². The maximum absolute atomic E-state index is 13.6. The quantitative estimate of drug-likeness (QED) is 0.135. The number of rotatable bonds is 10. The van der Waals surface area contributed by atoms with Crippen LogP contribution in [0.3, 0.4) is 0 Å². The third-order valence-electron chi connectivity index (χ3n) is 12.5. The van der Waals surface area contributed by atoms with Crippen molar-refractivity contribution >= 4 is 36.1 Å². The van der Waals surface area contributed by atoms with Gasteiger partial charge in [0.2, 0.25) is 0 Å². The molecule has 5 aromatic rings. The molecule has 5 aromatic carbocycles. The van der Waals surface area contributed by atoms with Gasteiger partial charge >= 0.3 is 8.32 Å². The molecule has 5 heteroatoms. The third-order valence-corrected chi connectivity index (χ3v) is 17.4. The van der Waals surface area contributed by atoms with E-state index in [0.717, 1.165) is 53.8 Å². The molecule has 2 fully saturated rings. The zero-order valence-electron chi connectivity index (χ0n) is 30.6. The lowest BCUT2D eigenvalue weighted by Gasteiger charge is -2.52. The molecule has 3 aliphatic carbocycles. The Labute approximate surface area is 315 Å². The van der Waals surface area contributed by atoms with Crippen molar-refractivity contribution in [2.45, 2.75) is 77.4 Å². The lowest BCUT2D eigenvalue weighted by molar-refractivity contribution is -0.130. The van der Waals surface area contributed by atoms with Crippen LogP contribution < -0.4 is 19.5 Å². The van der Waals surface area contributed by atoms with Gasteiger partial charge in [-0.25, -0.2) is 0 Å². The van der Waals surface area contributed by atoms with Crippen LogP contribution in [0.2, 0.25) is 11.1 Å². The van der Waals surface area contributed by atoms with Crippen molar-refractivity contribution in [3.8, 4) is 11.5 Å².